The summed E-state index contributed by atoms with van der Waals surface area (Å²) in [5.74, 6) is 0.956. The molecule has 0 saturated heterocycles. The van der Waals surface area contributed by atoms with E-state index < -0.39 is 7.77 Å². The molecule has 0 N–H and O–H groups in total. The number of benzene rings is 2. The third-order valence-corrected chi connectivity index (χ3v) is 3.90. The average Bonchev–Trinajstić information content (AvgIpc) is 2.30. The van der Waals surface area contributed by atoms with Crippen LogP contribution < -0.4 is 9.83 Å². The first-order valence-electron chi connectivity index (χ1n) is 4.83. The lowest BCUT2D eigenvalue weighted by molar-refractivity contribution is 0.635. The van der Waals surface area contributed by atoms with Crippen LogP contribution in [-0.4, -0.2) is 6.30 Å². The van der Waals surface area contributed by atoms with Gasteiger partial charge in [0, 0.05) is 11.1 Å². The van der Waals surface area contributed by atoms with Gasteiger partial charge in [-0.2, -0.15) is 0 Å². The van der Waals surface area contributed by atoms with Crippen molar-refractivity contribution in [3.05, 3.63) is 48.5 Å². The SMILES string of the molecule is C.C=[P+]1Oc2ccccc2-c2ccccc21. The van der Waals surface area contributed by atoms with Crippen molar-refractivity contribution in [2.24, 2.45) is 0 Å². The molecule has 80 valence electrons. The maximum Gasteiger partial charge on any atom is 0.338 e. The second kappa shape index (κ2) is 4.11. The van der Waals surface area contributed by atoms with Crippen molar-refractivity contribution in [1.29, 1.82) is 0 Å². The number of fused-ring (bicyclic) bond motifs is 3. The number of hydrogen-bond donors (Lipinski definition) is 0. The summed E-state index contributed by atoms with van der Waals surface area (Å²) in [5.41, 5.74) is 2.44. The Labute approximate surface area is 97.2 Å². The third-order valence-electron chi connectivity index (χ3n) is 2.56. The van der Waals surface area contributed by atoms with E-state index in [-0.39, 0.29) is 7.43 Å². The highest BCUT2D eigenvalue weighted by molar-refractivity contribution is 7.59. The first-order valence-corrected chi connectivity index (χ1v) is 6.28. The van der Waals surface area contributed by atoms with E-state index in [0.717, 1.165) is 5.75 Å². The molecule has 0 amide bonds. The maximum atomic E-state index is 5.81. The second-order valence-corrected chi connectivity index (χ2v) is 4.90. The molecule has 0 bridgehead atoms. The van der Waals surface area contributed by atoms with Crippen LogP contribution in [0.1, 0.15) is 7.43 Å². The lowest BCUT2D eigenvalue weighted by atomic mass is 10.0. The Morgan fingerprint density at radius 1 is 0.875 bits per heavy atom. The zero-order valence-electron chi connectivity index (χ0n) is 8.18. The summed E-state index contributed by atoms with van der Waals surface area (Å²) < 4.78 is 5.81. The molecule has 0 fully saturated rings. The Hall–Kier alpha value is -1.59. The molecule has 16 heavy (non-hydrogen) atoms. The number of hydrogen-bond acceptors (Lipinski definition) is 1. The molecular weight excluding hydrogens is 215 g/mol. The van der Waals surface area contributed by atoms with Crippen molar-refractivity contribution in [3.8, 4) is 16.9 Å². The smallest absolute Gasteiger partial charge is 0.285 e. The summed E-state index contributed by atoms with van der Waals surface area (Å²) in [6.07, 6.45) is 4.08. The summed E-state index contributed by atoms with van der Waals surface area (Å²) in [4.78, 5) is 0. The summed E-state index contributed by atoms with van der Waals surface area (Å²) >= 11 is 0. The molecule has 2 heteroatoms. The van der Waals surface area contributed by atoms with Gasteiger partial charge >= 0.3 is 7.77 Å². The van der Waals surface area contributed by atoms with Crippen LogP contribution in [-0.2, 0) is 0 Å². The normalized spacial score (nSPS) is 14.1. The van der Waals surface area contributed by atoms with Gasteiger partial charge in [0.05, 0.1) is 0 Å². The maximum absolute atomic E-state index is 5.81. The largest absolute Gasteiger partial charge is 0.338 e. The van der Waals surface area contributed by atoms with Crippen LogP contribution in [0, 0.1) is 0 Å². The van der Waals surface area contributed by atoms with Crippen LogP contribution in [0.2, 0.25) is 0 Å². The van der Waals surface area contributed by atoms with Crippen LogP contribution in [0.15, 0.2) is 48.5 Å². The van der Waals surface area contributed by atoms with Crippen LogP contribution in [0.5, 0.6) is 5.75 Å². The zero-order valence-corrected chi connectivity index (χ0v) is 9.08. The Morgan fingerprint density at radius 2 is 1.50 bits per heavy atom. The molecule has 1 atom stereocenters. The molecule has 2 aromatic carbocycles. The summed E-state index contributed by atoms with van der Waals surface area (Å²) in [6.45, 7) is 0. The van der Waals surface area contributed by atoms with E-state index in [1.165, 1.54) is 16.4 Å². The molecule has 1 aliphatic heterocycles. The minimum atomic E-state index is -0.744. The van der Waals surface area contributed by atoms with E-state index in [4.69, 9.17) is 4.52 Å². The minimum Gasteiger partial charge on any atom is -0.285 e. The predicted octanol–water partition coefficient (Wildman–Crippen LogP) is 3.84. The Kier molecular flexibility index (Phi) is 2.80. The van der Waals surface area contributed by atoms with Crippen LogP contribution >= 0.6 is 7.77 Å². The van der Waals surface area contributed by atoms with Crippen LogP contribution in [0.4, 0.5) is 0 Å². The molecule has 0 radical (unpaired) electrons. The third kappa shape index (κ3) is 1.54. The first-order chi connectivity index (χ1) is 7.36. The molecule has 1 heterocycles. The van der Waals surface area contributed by atoms with Crippen molar-refractivity contribution in [2.75, 3.05) is 0 Å². The fourth-order valence-corrected chi connectivity index (χ4v) is 3.07. The van der Waals surface area contributed by atoms with Gasteiger partial charge in [0.25, 0.3) is 0 Å². The molecule has 0 aliphatic carbocycles. The zero-order chi connectivity index (χ0) is 10.3. The van der Waals surface area contributed by atoms with Crippen molar-refractivity contribution in [2.45, 2.75) is 7.43 Å². The van der Waals surface area contributed by atoms with Crippen molar-refractivity contribution in [1.82, 2.24) is 0 Å². The molecule has 1 nitrogen and oxygen atoms in total. The molecular formula is C14H14OP+. The molecule has 2 aromatic rings. The van der Waals surface area contributed by atoms with Crippen molar-refractivity contribution in [3.63, 3.8) is 0 Å². The van der Waals surface area contributed by atoms with Crippen molar-refractivity contribution < 1.29 is 4.52 Å². The van der Waals surface area contributed by atoms with E-state index >= 15 is 0 Å². The summed E-state index contributed by atoms with van der Waals surface area (Å²) in [6, 6.07) is 16.5. The molecule has 0 aromatic heterocycles. The fraction of sp³-hybridized carbons (Fsp3) is 0.0714. The predicted molar refractivity (Wildman–Crippen MR) is 72.9 cm³/mol. The Morgan fingerprint density at radius 3 is 2.31 bits per heavy atom. The van der Waals surface area contributed by atoms with E-state index in [2.05, 4.69) is 30.6 Å². The topological polar surface area (TPSA) is 9.23 Å². The van der Waals surface area contributed by atoms with Gasteiger partial charge in [0.2, 0.25) is 0 Å². The first kappa shape index (κ1) is 10.9. The lowest BCUT2D eigenvalue weighted by Crippen LogP contribution is -2.09. The quantitative estimate of drug-likeness (QED) is 0.624. The fourth-order valence-electron chi connectivity index (χ4n) is 1.86. The highest BCUT2D eigenvalue weighted by Crippen LogP contribution is 2.41. The van der Waals surface area contributed by atoms with Gasteiger partial charge in [-0.05, 0) is 18.2 Å². The molecule has 0 saturated carbocycles. The molecule has 1 unspecified atom stereocenters. The summed E-state index contributed by atoms with van der Waals surface area (Å²) in [5, 5.41) is 1.23. The lowest BCUT2D eigenvalue weighted by Gasteiger charge is -2.12. The average molecular weight is 229 g/mol. The molecule has 1 aliphatic rings. The van der Waals surface area contributed by atoms with Gasteiger partial charge in [0.1, 0.15) is 6.30 Å². The molecule has 3 rings (SSSR count). The van der Waals surface area contributed by atoms with Gasteiger partial charge in [-0.1, -0.05) is 37.8 Å². The number of para-hydroxylation sites is 1. The van der Waals surface area contributed by atoms with Crippen LogP contribution in [0.25, 0.3) is 11.1 Å². The van der Waals surface area contributed by atoms with Gasteiger partial charge in [-0.3, -0.25) is 4.52 Å². The van der Waals surface area contributed by atoms with Gasteiger partial charge < -0.3 is 0 Å². The van der Waals surface area contributed by atoms with E-state index in [1.807, 2.05) is 24.3 Å². The van der Waals surface area contributed by atoms with Gasteiger partial charge in [-0.15, -0.1) is 0 Å². The van der Waals surface area contributed by atoms with Gasteiger partial charge in [0.15, 0.2) is 11.1 Å². The van der Waals surface area contributed by atoms with Crippen LogP contribution in [0.3, 0.4) is 0 Å². The monoisotopic (exact) mass is 229 g/mol. The Bertz CT molecular complexity index is 546. The summed E-state index contributed by atoms with van der Waals surface area (Å²) in [7, 11) is -0.744. The van der Waals surface area contributed by atoms with E-state index in [1.54, 1.807) is 0 Å². The van der Waals surface area contributed by atoms with E-state index in [0.29, 0.717) is 0 Å². The minimum absolute atomic E-state index is 0. The van der Waals surface area contributed by atoms with Gasteiger partial charge in [-0.25, -0.2) is 0 Å². The number of rotatable bonds is 0. The molecule has 0 spiro atoms. The highest BCUT2D eigenvalue weighted by Gasteiger charge is 2.28. The highest BCUT2D eigenvalue weighted by atomic mass is 31.1. The second-order valence-electron chi connectivity index (χ2n) is 3.48. The van der Waals surface area contributed by atoms with E-state index in [9.17, 15) is 0 Å². The Balaban J connectivity index is 0.000000963. The van der Waals surface area contributed by atoms with Crippen molar-refractivity contribution >= 4 is 19.4 Å². The standard InChI is InChI=1S/C13H10OP.CH4/c1-15-13-9-5-3-7-11(13)10-6-2-4-8-12(10)14-15;/h2-9H,1H2;1H4/q+1;.